The third-order valence-corrected chi connectivity index (χ3v) is 6.00. The molecule has 0 saturated heterocycles. The van der Waals surface area contributed by atoms with Gasteiger partial charge in [0, 0.05) is 5.69 Å². The highest BCUT2D eigenvalue weighted by atomic mass is 32.2. The van der Waals surface area contributed by atoms with E-state index in [1.165, 1.54) is 35.1 Å². The van der Waals surface area contributed by atoms with Crippen LogP contribution in [0.15, 0.2) is 58.2 Å². The Bertz CT molecular complexity index is 997. The van der Waals surface area contributed by atoms with Crippen molar-refractivity contribution in [3.63, 3.8) is 0 Å². The number of alkyl halides is 3. The molecule has 0 bridgehead atoms. The molecule has 4 N–H and O–H groups in total. The number of nitrogens with two attached hydrogens (primary N) is 2. The molecule has 152 valence electrons. The largest absolute Gasteiger partial charge is 0.418 e. The lowest BCUT2D eigenvalue weighted by molar-refractivity contribution is -0.137. The zero-order chi connectivity index (χ0) is 20.9. The van der Waals surface area contributed by atoms with Gasteiger partial charge >= 0.3 is 6.18 Å². The van der Waals surface area contributed by atoms with Crippen LogP contribution in [0, 0.1) is 13.8 Å². The van der Waals surface area contributed by atoms with Crippen molar-refractivity contribution < 1.29 is 13.2 Å². The monoisotopic (exact) mass is 419 g/mol. The lowest BCUT2D eigenvalue weighted by atomic mass is 10.1. The Kier molecular flexibility index (Phi) is 4.84. The first-order valence-corrected chi connectivity index (χ1v) is 9.84. The van der Waals surface area contributed by atoms with Crippen molar-refractivity contribution in [2.45, 2.75) is 31.7 Å². The Hall–Kier alpha value is -2.49. The number of thioether (sulfide) groups is 1. The maximum absolute atomic E-state index is 13.5. The topological polar surface area (TPSA) is 70.9 Å². The summed E-state index contributed by atoms with van der Waals surface area (Å²) in [5, 5.41) is 0.619. The molecule has 2 aromatic rings. The molecular formula is C20H20F3N5S. The number of aryl methyl sites for hydroxylation is 2. The fourth-order valence-corrected chi connectivity index (χ4v) is 4.74. The molecule has 0 spiro atoms. The van der Waals surface area contributed by atoms with Gasteiger partial charge in [0.25, 0.3) is 0 Å². The molecule has 2 heterocycles. The minimum absolute atomic E-state index is 0.0465. The van der Waals surface area contributed by atoms with E-state index in [1.54, 1.807) is 6.07 Å². The minimum Gasteiger partial charge on any atom is -0.314 e. The zero-order valence-corrected chi connectivity index (χ0v) is 16.6. The quantitative estimate of drug-likeness (QED) is 0.766. The van der Waals surface area contributed by atoms with E-state index in [-0.39, 0.29) is 5.69 Å². The molecular weight excluding hydrogens is 399 g/mol. The van der Waals surface area contributed by atoms with Gasteiger partial charge in [-0.1, -0.05) is 42.1 Å². The van der Waals surface area contributed by atoms with Crippen LogP contribution >= 0.6 is 11.8 Å². The van der Waals surface area contributed by atoms with Gasteiger partial charge in [0.2, 0.25) is 0 Å². The number of aliphatic imine (C=N–C) groups is 1. The Morgan fingerprint density at radius 1 is 1.00 bits per heavy atom. The third kappa shape index (κ3) is 3.29. The zero-order valence-electron chi connectivity index (χ0n) is 15.8. The van der Waals surface area contributed by atoms with Crippen molar-refractivity contribution in [2.75, 3.05) is 9.80 Å². The second-order valence-electron chi connectivity index (χ2n) is 6.92. The van der Waals surface area contributed by atoms with Crippen LogP contribution in [-0.2, 0) is 6.18 Å². The highest BCUT2D eigenvalue weighted by Crippen LogP contribution is 2.46. The number of anilines is 2. The average molecular weight is 419 g/mol. The Morgan fingerprint density at radius 2 is 1.66 bits per heavy atom. The molecule has 29 heavy (non-hydrogen) atoms. The molecule has 0 saturated carbocycles. The molecule has 4 rings (SSSR count). The van der Waals surface area contributed by atoms with Gasteiger partial charge in [-0.3, -0.25) is 0 Å². The molecule has 0 radical (unpaired) electrons. The summed E-state index contributed by atoms with van der Waals surface area (Å²) in [5.74, 6) is 0. The number of halogens is 3. The number of hydrogen-bond acceptors (Lipinski definition) is 6. The van der Waals surface area contributed by atoms with Gasteiger partial charge in [-0.2, -0.15) is 13.2 Å². The second-order valence-corrected chi connectivity index (χ2v) is 8.03. The summed E-state index contributed by atoms with van der Waals surface area (Å²) in [6, 6.07) is 11.2. The lowest BCUT2D eigenvalue weighted by Crippen LogP contribution is -2.51. The fourth-order valence-electron chi connectivity index (χ4n) is 3.74. The number of hydrogen-bond donors (Lipinski definition) is 2. The molecule has 2 aromatic carbocycles. The molecule has 0 aromatic heterocycles. The molecule has 0 fully saturated rings. The first kappa shape index (κ1) is 19.8. The van der Waals surface area contributed by atoms with Gasteiger partial charge in [-0.05, 0) is 37.1 Å². The van der Waals surface area contributed by atoms with E-state index in [4.69, 9.17) is 11.5 Å². The van der Waals surface area contributed by atoms with Crippen LogP contribution in [0.25, 0.3) is 0 Å². The van der Waals surface area contributed by atoms with Crippen molar-refractivity contribution in [1.29, 1.82) is 0 Å². The Balaban J connectivity index is 1.80. The van der Waals surface area contributed by atoms with Gasteiger partial charge in [0.1, 0.15) is 16.7 Å². The molecule has 0 aliphatic carbocycles. The van der Waals surface area contributed by atoms with Crippen molar-refractivity contribution >= 4 is 29.5 Å². The van der Waals surface area contributed by atoms with E-state index in [0.717, 1.165) is 22.9 Å². The van der Waals surface area contributed by atoms with E-state index in [9.17, 15) is 13.2 Å². The number of rotatable bonds is 2. The molecule has 2 unspecified atom stereocenters. The summed E-state index contributed by atoms with van der Waals surface area (Å²) in [6.45, 7) is 3.93. The van der Waals surface area contributed by atoms with Gasteiger partial charge in [0.15, 0.2) is 0 Å². The predicted octanol–water partition coefficient (Wildman–Crippen LogP) is 4.12. The summed E-state index contributed by atoms with van der Waals surface area (Å²) >= 11 is 1.34. The normalized spacial score (nSPS) is 21.8. The van der Waals surface area contributed by atoms with E-state index >= 15 is 0 Å². The average Bonchev–Trinajstić information content (AvgIpc) is 2.98. The third-order valence-electron chi connectivity index (χ3n) is 5.01. The lowest BCUT2D eigenvalue weighted by Gasteiger charge is -2.37. The van der Waals surface area contributed by atoms with E-state index < -0.39 is 23.4 Å². The minimum atomic E-state index is -4.51. The van der Waals surface area contributed by atoms with E-state index in [2.05, 4.69) is 4.99 Å². The highest BCUT2D eigenvalue weighted by molar-refractivity contribution is 8.04. The summed E-state index contributed by atoms with van der Waals surface area (Å²) in [6.07, 6.45) is -4.03. The summed E-state index contributed by atoms with van der Waals surface area (Å²) in [5.41, 5.74) is 15.1. The highest BCUT2D eigenvalue weighted by Gasteiger charge is 2.42. The van der Waals surface area contributed by atoms with Gasteiger partial charge < -0.3 is 21.3 Å². The van der Waals surface area contributed by atoms with Crippen LogP contribution in [0.1, 0.15) is 16.7 Å². The smallest absolute Gasteiger partial charge is 0.314 e. The molecule has 2 atom stereocenters. The van der Waals surface area contributed by atoms with Crippen LogP contribution in [-0.4, -0.2) is 18.0 Å². The maximum Gasteiger partial charge on any atom is 0.418 e. The number of nitrogens with zero attached hydrogens (tertiary/aromatic N) is 3. The summed E-state index contributed by atoms with van der Waals surface area (Å²) < 4.78 is 40.6. The van der Waals surface area contributed by atoms with Crippen LogP contribution in [0.3, 0.4) is 0 Å². The van der Waals surface area contributed by atoms with E-state index in [0.29, 0.717) is 10.7 Å². The van der Waals surface area contributed by atoms with Crippen molar-refractivity contribution in [3.8, 4) is 0 Å². The second kappa shape index (κ2) is 7.08. The fraction of sp³-hybridized carbons (Fsp3) is 0.250. The van der Waals surface area contributed by atoms with Crippen LogP contribution in [0.5, 0.6) is 0 Å². The van der Waals surface area contributed by atoms with Gasteiger partial charge in [-0.25, -0.2) is 4.99 Å². The summed E-state index contributed by atoms with van der Waals surface area (Å²) in [4.78, 5) is 7.61. The van der Waals surface area contributed by atoms with E-state index in [1.807, 2.05) is 36.9 Å². The molecule has 2 aliphatic rings. The molecule has 5 nitrogen and oxygen atoms in total. The summed E-state index contributed by atoms with van der Waals surface area (Å²) in [7, 11) is 0. The molecule has 2 aliphatic heterocycles. The Labute approximate surface area is 170 Å². The first-order valence-electron chi connectivity index (χ1n) is 8.96. The van der Waals surface area contributed by atoms with Crippen LogP contribution in [0.2, 0.25) is 0 Å². The van der Waals surface area contributed by atoms with Gasteiger partial charge in [0.05, 0.1) is 23.3 Å². The standard InChI is InChI=1S/C20H20F3N5S/c1-11-6-5-7-12(2)15(11)28-16-17(24)27(10-26-18(16)29-19(28)25)14-9-4-3-8-13(14)20(21,22)23/h3-10,17,19H,24-25H2,1-2H3. The Morgan fingerprint density at radius 3 is 2.31 bits per heavy atom. The number of benzene rings is 2. The number of para-hydroxylation sites is 2. The van der Waals surface area contributed by atoms with Crippen molar-refractivity contribution in [3.05, 3.63) is 69.9 Å². The van der Waals surface area contributed by atoms with Crippen LogP contribution in [0.4, 0.5) is 24.5 Å². The maximum atomic E-state index is 13.5. The van der Waals surface area contributed by atoms with Crippen molar-refractivity contribution in [2.24, 2.45) is 16.5 Å². The molecule has 0 amide bonds. The van der Waals surface area contributed by atoms with Crippen LogP contribution < -0.4 is 21.3 Å². The SMILES string of the molecule is Cc1cccc(C)c1N1C2=C(N=CN(c3ccccc3C(F)(F)F)C2N)SC1N. The first-order chi connectivity index (χ1) is 13.7. The predicted molar refractivity (Wildman–Crippen MR) is 111 cm³/mol. The van der Waals surface area contributed by atoms with Crippen molar-refractivity contribution in [1.82, 2.24) is 0 Å². The molecule has 9 heteroatoms. The van der Waals surface area contributed by atoms with Gasteiger partial charge in [-0.15, -0.1) is 0 Å².